The van der Waals surface area contributed by atoms with Gasteiger partial charge in [-0.2, -0.15) is 0 Å². The number of aryl methyl sites for hydroxylation is 1. The molecule has 0 atom stereocenters. The third kappa shape index (κ3) is 7.24. The Hall–Kier alpha value is -1.75. The number of hydrogen-bond acceptors (Lipinski definition) is 3. The van der Waals surface area contributed by atoms with E-state index in [0.29, 0.717) is 44.8 Å². The number of likely N-dealkylation sites (tertiary alicyclic amines) is 1. The third-order valence-electron chi connectivity index (χ3n) is 4.57. The molecule has 1 aliphatic rings. The summed E-state index contributed by atoms with van der Waals surface area (Å²) in [4.78, 5) is 25.9. The molecular weight excluding hydrogens is 352 g/mol. The molecule has 1 aliphatic heterocycles. The van der Waals surface area contributed by atoms with E-state index < -0.39 is 0 Å². The molecule has 0 aliphatic carbocycles. The van der Waals surface area contributed by atoms with E-state index in [1.54, 1.807) is 0 Å². The summed E-state index contributed by atoms with van der Waals surface area (Å²) in [5, 5.41) is 3.07. The van der Waals surface area contributed by atoms with Crippen LogP contribution in [0.3, 0.4) is 0 Å². The molecule has 2 rings (SSSR count). The first kappa shape index (κ1) is 20.6. The molecule has 1 aromatic rings. The monoisotopic (exact) mass is 380 g/mol. The molecule has 2 amide bonds. The number of benzene rings is 1. The fourth-order valence-corrected chi connectivity index (χ4v) is 3.14. The average molecular weight is 381 g/mol. The highest BCUT2D eigenvalue weighted by Gasteiger charge is 2.23. The summed E-state index contributed by atoms with van der Waals surface area (Å²) in [6.45, 7) is 3.99. The van der Waals surface area contributed by atoms with Crippen LogP contribution in [0.5, 0.6) is 5.75 Å². The Labute approximate surface area is 161 Å². The van der Waals surface area contributed by atoms with Gasteiger partial charge in [-0.05, 0) is 44.7 Å². The second-order valence-corrected chi connectivity index (χ2v) is 7.16. The quantitative estimate of drug-likeness (QED) is 0.528. The second kappa shape index (κ2) is 11.1. The third-order valence-corrected chi connectivity index (χ3v) is 4.84. The maximum Gasteiger partial charge on any atom is 0.222 e. The number of rotatable bonds is 9. The van der Waals surface area contributed by atoms with E-state index in [-0.39, 0.29) is 17.9 Å². The van der Waals surface area contributed by atoms with Crippen LogP contribution in [0.15, 0.2) is 24.3 Å². The van der Waals surface area contributed by atoms with Crippen LogP contribution in [0.1, 0.15) is 44.1 Å². The minimum atomic E-state index is 0.0597. The van der Waals surface area contributed by atoms with Crippen molar-refractivity contribution in [3.63, 3.8) is 0 Å². The van der Waals surface area contributed by atoms with Gasteiger partial charge < -0.3 is 15.0 Å². The summed E-state index contributed by atoms with van der Waals surface area (Å²) >= 11 is 5.63. The number of piperidine rings is 1. The van der Waals surface area contributed by atoms with Crippen LogP contribution in [-0.4, -0.2) is 48.3 Å². The second-order valence-electron chi connectivity index (χ2n) is 6.78. The van der Waals surface area contributed by atoms with Crippen molar-refractivity contribution in [2.75, 3.05) is 25.6 Å². The van der Waals surface area contributed by atoms with Crippen LogP contribution in [0.4, 0.5) is 0 Å². The summed E-state index contributed by atoms with van der Waals surface area (Å²) in [6.07, 6.45) is 4.02. The van der Waals surface area contributed by atoms with Gasteiger partial charge >= 0.3 is 0 Å². The van der Waals surface area contributed by atoms with E-state index in [0.717, 1.165) is 25.0 Å². The largest absolute Gasteiger partial charge is 0.494 e. The first-order valence-electron chi connectivity index (χ1n) is 9.41. The van der Waals surface area contributed by atoms with E-state index in [1.165, 1.54) is 5.56 Å². The topological polar surface area (TPSA) is 58.6 Å². The van der Waals surface area contributed by atoms with E-state index in [4.69, 9.17) is 16.3 Å². The number of halogens is 1. The highest BCUT2D eigenvalue weighted by molar-refractivity contribution is 6.17. The van der Waals surface area contributed by atoms with Crippen molar-refractivity contribution < 1.29 is 14.3 Å². The molecule has 1 aromatic carbocycles. The SMILES string of the molecule is Cc1ccc(OCCCC(=O)NC2CCN(C(=O)CCCCl)CC2)cc1. The van der Waals surface area contributed by atoms with Crippen LogP contribution in [0.2, 0.25) is 0 Å². The van der Waals surface area contributed by atoms with Gasteiger partial charge in [0.05, 0.1) is 6.61 Å². The van der Waals surface area contributed by atoms with Gasteiger partial charge in [0.15, 0.2) is 0 Å². The Balaban J connectivity index is 1.57. The predicted octanol–water partition coefficient (Wildman–Crippen LogP) is 3.28. The zero-order chi connectivity index (χ0) is 18.8. The zero-order valence-electron chi connectivity index (χ0n) is 15.5. The molecule has 0 unspecified atom stereocenters. The lowest BCUT2D eigenvalue weighted by Crippen LogP contribution is -2.46. The number of hydrogen-bond donors (Lipinski definition) is 1. The lowest BCUT2D eigenvalue weighted by Gasteiger charge is -2.32. The Morgan fingerprint density at radius 3 is 2.50 bits per heavy atom. The lowest BCUT2D eigenvalue weighted by molar-refractivity contribution is -0.132. The molecule has 5 nitrogen and oxygen atoms in total. The van der Waals surface area contributed by atoms with Gasteiger partial charge in [-0.3, -0.25) is 9.59 Å². The molecule has 0 bridgehead atoms. The normalized spacial score (nSPS) is 14.9. The van der Waals surface area contributed by atoms with E-state index in [2.05, 4.69) is 5.32 Å². The molecule has 0 saturated carbocycles. The summed E-state index contributed by atoms with van der Waals surface area (Å²) in [5.41, 5.74) is 1.20. The fourth-order valence-electron chi connectivity index (χ4n) is 3.01. The number of carbonyl (C=O) groups is 2. The van der Waals surface area contributed by atoms with E-state index in [9.17, 15) is 9.59 Å². The molecule has 6 heteroatoms. The van der Waals surface area contributed by atoms with Crippen LogP contribution in [0.25, 0.3) is 0 Å². The molecule has 1 saturated heterocycles. The molecule has 0 spiro atoms. The van der Waals surface area contributed by atoms with Crippen molar-refractivity contribution in [2.45, 2.75) is 51.5 Å². The number of nitrogens with one attached hydrogen (secondary N) is 1. The van der Waals surface area contributed by atoms with Gasteiger partial charge in [0.25, 0.3) is 0 Å². The number of carbonyl (C=O) groups excluding carboxylic acids is 2. The lowest BCUT2D eigenvalue weighted by atomic mass is 10.0. The Morgan fingerprint density at radius 1 is 1.15 bits per heavy atom. The van der Waals surface area contributed by atoms with Crippen molar-refractivity contribution >= 4 is 23.4 Å². The summed E-state index contributed by atoms with van der Waals surface area (Å²) < 4.78 is 5.64. The fraction of sp³-hybridized carbons (Fsp3) is 0.600. The van der Waals surface area contributed by atoms with Crippen molar-refractivity contribution in [3.05, 3.63) is 29.8 Å². The van der Waals surface area contributed by atoms with Crippen LogP contribution in [0, 0.1) is 6.92 Å². The maximum atomic E-state index is 12.1. The van der Waals surface area contributed by atoms with E-state index >= 15 is 0 Å². The Bertz CT molecular complexity index is 569. The average Bonchev–Trinajstić information content (AvgIpc) is 2.65. The van der Waals surface area contributed by atoms with Crippen molar-refractivity contribution in [1.29, 1.82) is 0 Å². The van der Waals surface area contributed by atoms with Crippen molar-refractivity contribution in [3.8, 4) is 5.75 Å². The molecule has 1 N–H and O–H groups in total. The standard InChI is InChI=1S/C20H29ClN2O3/c1-16-6-8-18(9-7-16)26-15-3-4-19(24)22-17-10-13-23(14-11-17)20(25)5-2-12-21/h6-9,17H,2-5,10-15H2,1H3,(H,22,24). The van der Waals surface area contributed by atoms with Crippen molar-refractivity contribution in [1.82, 2.24) is 10.2 Å². The maximum absolute atomic E-state index is 12.1. The Morgan fingerprint density at radius 2 is 1.85 bits per heavy atom. The highest BCUT2D eigenvalue weighted by atomic mass is 35.5. The van der Waals surface area contributed by atoms with Crippen LogP contribution in [-0.2, 0) is 9.59 Å². The summed E-state index contributed by atoms with van der Waals surface area (Å²) in [7, 11) is 0. The van der Waals surface area contributed by atoms with Crippen molar-refractivity contribution in [2.24, 2.45) is 0 Å². The minimum absolute atomic E-state index is 0.0597. The van der Waals surface area contributed by atoms with Crippen LogP contribution >= 0.6 is 11.6 Å². The number of nitrogens with zero attached hydrogens (tertiary/aromatic N) is 1. The van der Waals surface area contributed by atoms with Gasteiger partial charge in [-0.25, -0.2) is 0 Å². The number of ether oxygens (including phenoxy) is 1. The summed E-state index contributed by atoms with van der Waals surface area (Å²) in [6, 6.07) is 8.07. The Kier molecular flexibility index (Phi) is 8.75. The first-order chi connectivity index (χ1) is 12.6. The zero-order valence-corrected chi connectivity index (χ0v) is 16.3. The first-order valence-corrected chi connectivity index (χ1v) is 9.94. The molecule has 26 heavy (non-hydrogen) atoms. The van der Waals surface area contributed by atoms with Gasteiger partial charge in [0, 0.05) is 37.9 Å². The molecule has 1 fully saturated rings. The van der Waals surface area contributed by atoms with Gasteiger partial charge in [0.2, 0.25) is 11.8 Å². The van der Waals surface area contributed by atoms with Gasteiger partial charge in [-0.15, -0.1) is 11.6 Å². The highest BCUT2D eigenvalue weighted by Crippen LogP contribution is 2.14. The smallest absolute Gasteiger partial charge is 0.222 e. The van der Waals surface area contributed by atoms with Gasteiger partial charge in [-0.1, -0.05) is 17.7 Å². The van der Waals surface area contributed by atoms with E-state index in [1.807, 2.05) is 36.1 Å². The molecule has 1 heterocycles. The van der Waals surface area contributed by atoms with Crippen LogP contribution < -0.4 is 10.1 Å². The molecular formula is C20H29ClN2O3. The molecule has 0 aromatic heterocycles. The predicted molar refractivity (Wildman–Crippen MR) is 104 cm³/mol. The van der Waals surface area contributed by atoms with Gasteiger partial charge in [0.1, 0.15) is 5.75 Å². The molecule has 144 valence electrons. The minimum Gasteiger partial charge on any atom is -0.494 e. The summed E-state index contributed by atoms with van der Waals surface area (Å²) in [5.74, 6) is 1.58. The number of alkyl halides is 1. The molecule has 0 radical (unpaired) electrons. The number of amides is 2.